The van der Waals surface area contributed by atoms with Crippen LogP contribution in [-0.4, -0.2) is 27.1 Å². The highest BCUT2D eigenvalue weighted by Gasteiger charge is 2.18. The summed E-state index contributed by atoms with van der Waals surface area (Å²) in [6, 6.07) is 21.9. The number of aryl methyl sites for hydroxylation is 1. The van der Waals surface area contributed by atoms with Gasteiger partial charge in [0.1, 0.15) is 11.5 Å². The minimum Gasteiger partial charge on any atom is -0.496 e. The van der Waals surface area contributed by atoms with Crippen LogP contribution in [0, 0.1) is 6.92 Å². The second kappa shape index (κ2) is 10.6. The predicted molar refractivity (Wildman–Crippen MR) is 126 cm³/mol. The zero-order valence-electron chi connectivity index (χ0n) is 17.7. The number of rotatable bonds is 10. The van der Waals surface area contributed by atoms with E-state index in [1.807, 2.05) is 6.92 Å². The van der Waals surface area contributed by atoms with Gasteiger partial charge in [-0.05, 0) is 42.8 Å². The molecule has 0 spiro atoms. The Kier molecular flexibility index (Phi) is 7.93. The Labute approximate surface area is 188 Å². The number of carbonyl (C=O) groups excluding carboxylic acids is 1. The van der Waals surface area contributed by atoms with Crippen molar-refractivity contribution in [1.82, 2.24) is 0 Å². The van der Waals surface area contributed by atoms with Crippen molar-refractivity contribution in [2.75, 3.05) is 12.9 Å². The third kappa shape index (κ3) is 6.71. The summed E-state index contributed by atoms with van der Waals surface area (Å²) in [5.74, 6) is 1.29. The molecule has 0 atom stereocenters. The van der Waals surface area contributed by atoms with Crippen molar-refractivity contribution in [2.45, 2.75) is 35.3 Å². The molecule has 6 heteroatoms. The molecule has 3 aromatic carbocycles. The number of benzene rings is 3. The summed E-state index contributed by atoms with van der Waals surface area (Å²) in [6.45, 7) is 2.05. The van der Waals surface area contributed by atoms with Crippen LogP contribution in [0.4, 0.5) is 0 Å². The van der Waals surface area contributed by atoms with Crippen LogP contribution >= 0.6 is 11.8 Å². The van der Waals surface area contributed by atoms with Crippen molar-refractivity contribution in [3.05, 3.63) is 89.5 Å². The zero-order chi connectivity index (χ0) is 22.3. The summed E-state index contributed by atoms with van der Waals surface area (Å²) >= 11 is 1.67. The van der Waals surface area contributed by atoms with Crippen molar-refractivity contribution in [2.24, 2.45) is 0 Å². The van der Waals surface area contributed by atoms with Crippen molar-refractivity contribution in [1.29, 1.82) is 0 Å². The third-order valence-corrected chi connectivity index (χ3v) is 7.59. The largest absolute Gasteiger partial charge is 0.496 e. The van der Waals surface area contributed by atoms with E-state index in [1.54, 1.807) is 60.3 Å². The second-order valence-electron chi connectivity index (χ2n) is 7.34. The molecule has 0 saturated carbocycles. The standard InChI is InChI=1S/C25H26O4S2/c1-19-7-11-23(12-8-19)30-16-15-22(26)17-20-9-13-24(14-10-20)31(27,28)18-21-5-3-4-6-25(21)29-2/h3-14H,15-18H2,1-2H3. The van der Waals surface area contributed by atoms with Crippen molar-refractivity contribution >= 4 is 27.4 Å². The molecule has 3 aromatic rings. The van der Waals surface area contributed by atoms with Gasteiger partial charge in [0.25, 0.3) is 0 Å². The summed E-state index contributed by atoms with van der Waals surface area (Å²) in [7, 11) is -1.98. The second-order valence-corrected chi connectivity index (χ2v) is 10.5. The van der Waals surface area contributed by atoms with E-state index in [2.05, 4.69) is 24.3 Å². The average molecular weight is 455 g/mol. The molecule has 0 aromatic heterocycles. The van der Waals surface area contributed by atoms with Crippen molar-refractivity contribution < 1.29 is 17.9 Å². The number of Topliss-reactive ketones (excluding diaryl/α,β-unsaturated/α-hetero) is 1. The van der Waals surface area contributed by atoms with Crippen LogP contribution in [-0.2, 0) is 26.8 Å². The van der Waals surface area contributed by atoms with Crippen LogP contribution < -0.4 is 4.74 Å². The van der Waals surface area contributed by atoms with E-state index in [0.29, 0.717) is 24.2 Å². The monoisotopic (exact) mass is 454 g/mol. The Morgan fingerprint density at radius 1 is 0.935 bits per heavy atom. The van der Waals surface area contributed by atoms with E-state index in [-0.39, 0.29) is 16.4 Å². The number of thioether (sulfide) groups is 1. The normalized spacial score (nSPS) is 11.3. The third-order valence-electron chi connectivity index (χ3n) is 4.89. The van der Waals surface area contributed by atoms with Gasteiger partial charge in [-0.3, -0.25) is 4.79 Å². The number of hydrogen-bond acceptors (Lipinski definition) is 5. The summed E-state index contributed by atoms with van der Waals surface area (Å²) in [5, 5.41) is 0. The van der Waals surface area contributed by atoms with Crippen LogP contribution in [0.2, 0.25) is 0 Å². The molecule has 31 heavy (non-hydrogen) atoms. The van der Waals surface area contributed by atoms with Gasteiger partial charge in [-0.2, -0.15) is 0 Å². The molecule has 162 valence electrons. The summed E-state index contributed by atoms with van der Waals surface area (Å²) in [6.07, 6.45) is 0.785. The molecule has 0 bridgehead atoms. The number of para-hydroxylation sites is 1. The van der Waals surface area contributed by atoms with Gasteiger partial charge in [-0.1, -0.05) is 48.0 Å². The lowest BCUT2D eigenvalue weighted by Gasteiger charge is -2.09. The van der Waals surface area contributed by atoms with E-state index in [0.717, 1.165) is 16.2 Å². The molecule has 4 nitrogen and oxygen atoms in total. The van der Waals surface area contributed by atoms with Crippen LogP contribution in [0.3, 0.4) is 0 Å². The Morgan fingerprint density at radius 3 is 2.29 bits per heavy atom. The van der Waals surface area contributed by atoms with E-state index in [9.17, 15) is 13.2 Å². The van der Waals surface area contributed by atoms with Gasteiger partial charge in [0.2, 0.25) is 0 Å². The summed E-state index contributed by atoms with van der Waals surface area (Å²) in [4.78, 5) is 13.7. The van der Waals surface area contributed by atoms with Crippen LogP contribution in [0.5, 0.6) is 5.75 Å². The maximum Gasteiger partial charge on any atom is 0.182 e. The minimum atomic E-state index is -3.51. The number of ketones is 1. The number of ether oxygens (including phenoxy) is 1. The van der Waals surface area contributed by atoms with Gasteiger partial charge in [-0.25, -0.2) is 8.42 Å². The van der Waals surface area contributed by atoms with Gasteiger partial charge >= 0.3 is 0 Å². The van der Waals surface area contributed by atoms with Gasteiger partial charge in [-0.15, -0.1) is 11.8 Å². The van der Waals surface area contributed by atoms with Gasteiger partial charge in [0.15, 0.2) is 9.84 Å². The number of methoxy groups -OCH3 is 1. The Bertz CT molecular complexity index is 1120. The average Bonchev–Trinajstić information content (AvgIpc) is 2.75. The highest BCUT2D eigenvalue weighted by atomic mass is 32.2. The molecular weight excluding hydrogens is 428 g/mol. The zero-order valence-corrected chi connectivity index (χ0v) is 19.3. The lowest BCUT2D eigenvalue weighted by molar-refractivity contribution is -0.118. The highest BCUT2D eigenvalue weighted by Crippen LogP contribution is 2.24. The first-order valence-electron chi connectivity index (χ1n) is 10.0. The van der Waals surface area contributed by atoms with Crippen LogP contribution in [0.25, 0.3) is 0 Å². The summed E-state index contributed by atoms with van der Waals surface area (Å²) < 4.78 is 30.8. The molecule has 0 N–H and O–H groups in total. The lowest BCUT2D eigenvalue weighted by atomic mass is 10.1. The van der Waals surface area contributed by atoms with Crippen LogP contribution in [0.1, 0.15) is 23.1 Å². The van der Waals surface area contributed by atoms with Gasteiger partial charge in [0.05, 0.1) is 17.8 Å². The number of carbonyl (C=O) groups is 1. The fourth-order valence-electron chi connectivity index (χ4n) is 3.16. The fourth-order valence-corrected chi connectivity index (χ4v) is 5.42. The molecule has 0 saturated heterocycles. The van der Waals surface area contributed by atoms with Crippen molar-refractivity contribution in [3.8, 4) is 5.75 Å². The lowest BCUT2D eigenvalue weighted by Crippen LogP contribution is -2.07. The van der Waals surface area contributed by atoms with Gasteiger partial charge < -0.3 is 4.74 Å². The molecule has 0 heterocycles. The molecule has 0 radical (unpaired) electrons. The molecule has 0 unspecified atom stereocenters. The van der Waals surface area contributed by atoms with Crippen molar-refractivity contribution in [3.63, 3.8) is 0 Å². The maximum absolute atomic E-state index is 12.8. The quantitative estimate of drug-likeness (QED) is 0.391. The van der Waals surface area contributed by atoms with Crippen LogP contribution in [0.15, 0.2) is 82.6 Å². The maximum atomic E-state index is 12.8. The topological polar surface area (TPSA) is 60.4 Å². The van der Waals surface area contributed by atoms with Gasteiger partial charge in [0, 0.05) is 29.1 Å². The molecule has 0 amide bonds. The minimum absolute atomic E-state index is 0.133. The Hall–Kier alpha value is -2.57. The fraction of sp³-hybridized carbons (Fsp3) is 0.240. The molecule has 0 fully saturated rings. The molecule has 0 aliphatic carbocycles. The summed E-state index contributed by atoms with van der Waals surface area (Å²) in [5.41, 5.74) is 2.66. The number of hydrogen-bond donors (Lipinski definition) is 0. The Morgan fingerprint density at radius 2 is 1.61 bits per heavy atom. The van der Waals surface area contributed by atoms with E-state index in [1.165, 1.54) is 12.7 Å². The Balaban J connectivity index is 1.55. The SMILES string of the molecule is COc1ccccc1CS(=O)(=O)c1ccc(CC(=O)CCSc2ccc(C)cc2)cc1. The molecule has 0 aliphatic rings. The first-order valence-corrected chi connectivity index (χ1v) is 12.7. The van der Waals surface area contributed by atoms with E-state index < -0.39 is 9.84 Å². The first kappa shape index (κ1) is 23.1. The smallest absolute Gasteiger partial charge is 0.182 e. The molecular formula is C25H26O4S2. The van der Waals surface area contributed by atoms with E-state index in [4.69, 9.17) is 4.74 Å². The molecule has 0 aliphatic heterocycles. The van der Waals surface area contributed by atoms with E-state index >= 15 is 0 Å². The number of sulfone groups is 1. The highest BCUT2D eigenvalue weighted by molar-refractivity contribution is 7.99. The first-order chi connectivity index (χ1) is 14.9. The molecule has 3 rings (SSSR count). The predicted octanol–water partition coefficient (Wildman–Crippen LogP) is 5.27.